The van der Waals surface area contributed by atoms with Gasteiger partial charge in [0.15, 0.2) is 0 Å². The fourth-order valence-corrected chi connectivity index (χ4v) is 2.82. The molecule has 1 aromatic rings. The first-order valence-electron chi connectivity index (χ1n) is 9.13. The number of benzene rings is 1. The first kappa shape index (κ1) is 20.5. The van der Waals surface area contributed by atoms with Crippen molar-refractivity contribution in [1.82, 2.24) is 5.32 Å². The molecule has 0 saturated carbocycles. The summed E-state index contributed by atoms with van der Waals surface area (Å²) in [6.07, 6.45) is 13.6. The molecule has 148 valence electrons. The lowest BCUT2D eigenvalue weighted by Gasteiger charge is -2.06. The summed E-state index contributed by atoms with van der Waals surface area (Å²) in [5.41, 5.74) is 6.92. The van der Waals surface area contributed by atoms with Crippen molar-refractivity contribution in [2.24, 2.45) is 9.98 Å². The molecule has 1 heterocycles. The van der Waals surface area contributed by atoms with Crippen molar-refractivity contribution in [1.29, 1.82) is 0 Å². The molecule has 0 atom stereocenters. The molecular weight excluding hydrogens is 386 g/mol. The minimum atomic E-state index is 0.528. The van der Waals surface area contributed by atoms with Gasteiger partial charge in [-0.25, -0.2) is 4.99 Å². The zero-order valence-electron chi connectivity index (χ0n) is 16.4. The van der Waals surface area contributed by atoms with E-state index >= 15 is 0 Å². The molecule has 0 amide bonds. The van der Waals surface area contributed by atoms with Crippen molar-refractivity contribution in [3.05, 3.63) is 88.4 Å². The molecule has 5 nitrogen and oxygen atoms in total. The van der Waals surface area contributed by atoms with Crippen molar-refractivity contribution >= 4 is 29.5 Å². The second kappa shape index (κ2) is 10.3. The van der Waals surface area contributed by atoms with Crippen molar-refractivity contribution in [3.8, 4) is 5.75 Å². The zero-order chi connectivity index (χ0) is 20.5. The molecule has 0 aromatic heterocycles. The van der Waals surface area contributed by atoms with E-state index in [0.29, 0.717) is 17.5 Å². The third-order valence-corrected chi connectivity index (χ3v) is 4.43. The van der Waals surface area contributed by atoms with Crippen LogP contribution in [0.3, 0.4) is 0 Å². The predicted octanol–water partition coefficient (Wildman–Crippen LogP) is 4.76. The Bertz CT molecular complexity index is 989. The standard InChI is InChI=1S/C23H22ClN3O2/c1-25-16-26-23-19(14-22(27-23)18-7-10-21(28-2)11-8-18)15-29-13-12-17-4-3-5-20(24)9-6-17/h3-8,10-11,14-16H,12-13H2,1-2H3,(H,25,26,27)/b19-15+. The molecule has 1 aromatic carbocycles. The summed E-state index contributed by atoms with van der Waals surface area (Å²) in [5, 5.41) is 3.90. The number of hydrogen-bond donors (Lipinski definition) is 1. The van der Waals surface area contributed by atoms with Gasteiger partial charge in [-0.2, -0.15) is 0 Å². The van der Waals surface area contributed by atoms with Crippen LogP contribution in [0.5, 0.6) is 5.75 Å². The first-order chi connectivity index (χ1) is 14.2. The minimum absolute atomic E-state index is 0.528. The van der Waals surface area contributed by atoms with Gasteiger partial charge in [0, 0.05) is 19.2 Å². The predicted molar refractivity (Wildman–Crippen MR) is 119 cm³/mol. The van der Waals surface area contributed by atoms with Crippen LogP contribution in [-0.4, -0.2) is 32.9 Å². The Balaban J connectivity index is 1.69. The topological polar surface area (TPSA) is 55.2 Å². The molecule has 0 fully saturated rings. The van der Waals surface area contributed by atoms with Gasteiger partial charge in [0.1, 0.15) is 17.9 Å². The number of methoxy groups -OCH3 is 1. The summed E-state index contributed by atoms with van der Waals surface area (Å²) >= 11 is 5.94. The smallest absolute Gasteiger partial charge is 0.142 e. The van der Waals surface area contributed by atoms with Gasteiger partial charge in [-0.3, -0.25) is 4.99 Å². The number of amidine groups is 1. The molecular formula is C23H22ClN3O2. The Kier molecular flexibility index (Phi) is 7.28. The van der Waals surface area contributed by atoms with Gasteiger partial charge in [-0.15, -0.1) is 5.73 Å². The minimum Gasteiger partial charge on any atom is -0.500 e. The van der Waals surface area contributed by atoms with Crippen molar-refractivity contribution in [2.45, 2.75) is 6.42 Å². The molecule has 6 heteroatoms. The molecule has 1 aliphatic heterocycles. The zero-order valence-corrected chi connectivity index (χ0v) is 17.1. The van der Waals surface area contributed by atoms with E-state index in [9.17, 15) is 0 Å². The average molecular weight is 408 g/mol. The molecule has 2 aliphatic rings. The van der Waals surface area contributed by atoms with Crippen LogP contribution in [0.4, 0.5) is 0 Å². The van der Waals surface area contributed by atoms with Crippen LogP contribution >= 0.6 is 11.6 Å². The van der Waals surface area contributed by atoms with Gasteiger partial charge in [0.05, 0.1) is 30.6 Å². The maximum absolute atomic E-state index is 5.94. The van der Waals surface area contributed by atoms with E-state index in [1.54, 1.807) is 20.4 Å². The van der Waals surface area contributed by atoms with Gasteiger partial charge in [0.2, 0.25) is 0 Å². The second-order valence-corrected chi connectivity index (χ2v) is 6.60. The van der Waals surface area contributed by atoms with Crippen LogP contribution in [0.1, 0.15) is 12.0 Å². The lowest BCUT2D eigenvalue weighted by atomic mass is 10.1. The van der Waals surface area contributed by atoms with Crippen LogP contribution in [0.25, 0.3) is 5.70 Å². The second-order valence-electron chi connectivity index (χ2n) is 6.19. The SMILES string of the molecule is CN=CN=C1NC(c2ccc(OC)cc2)=C/C1=C\OCCC1=CC=CC(Cl)=C=C1. The molecule has 0 spiro atoms. The monoisotopic (exact) mass is 407 g/mol. The van der Waals surface area contributed by atoms with E-state index in [2.05, 4.69) is 21.0 Å². The Hall–Kier alpha value is -3.27. The number of nitrogens with one attached hydrogen (secondary N) is 1. The molecule has 3 rings (SSSR count). The third-order valence-electron chi connectivity index (χ3n) is 4.20. The number of allylic oxidation sites excluding steroid dienone is 4. The summed E-state index contributed by atoms with van der Waals surface area (Å²) in [6, 6.07) is 7.82. The fourth-order valence-electron chi connectivity index (χ4n) is 2.69. The summed E-state index contributed by atoms with van der Waals surface area (Å²) in [4.78, 5) is 8.29. The highest BCUT2D eigenvalue weighted by Gasteiger charge is 2.17. The highest BCUT2D eigenvalue weighted by molar-refractivity contribution is 6.31. The van der Waals surface area contributed by atoms with E-state index in [0.717, 1.165) is 34.6 Å². The molecule has 1 aliphatic carbocycles. The molecule has 0 radical (unpaired) electrons. The van der Waals surface area contributed by atoms with E-state index in [1.165, 1.54) is 6.34 Å². The third kappa shape index (κ3) is 5.85. The fraction of sp³-hybridized carbons (Fsp3) is 0.174. The maximum atomic E-state index is 5.94. The van der Waals surface area contributed by atoms with E-state index < -0.39 is 0 Å². The Morgan fingerprint density at radius 2 is 2.07 bits per heavy atom. The number of aliphatic imine (C=N–C) groups is 2. The van der Waals surface area contributed by atoms with Gasteiger partial charge in [-0.1, -0.05) is 23.8 Å². The first-order valence-corrected chi connectivity index (χ1v) is 9.50. The van der Waals surface area contributed by atoms with Crippen molar-refractivity contribution < 1.29 is 9.47 Å². The molecule has 0 saturated heterocycles. The number of halogens is 1. The summed E-state index contributed by atoms with van der Waals surface area (Å²) in [5.74, 6) is 1.50. The van der Waals surface area contributed by atoms with Gasteiger partial charge < -0.3 is 14.8 Å². The van der Waals surface area contributed by atoms with Crippen LogP contribution in [-0.2, 0) is 4.74 Å². The van der Waals surface area contributed by atoms with E-state index in [1.807, 2.05) is 54.6 Å². The lowest BCUT2D eigenvalue weighted by molar-refractivity contribution is 0.253. The largest absolute Gasteiger partial charge is 0.500 e. The maximum Gasteiger partial charge on any atom is 0.142 e. The van der Waals surface area contributed by atoms with Crippen LogP contribution in [0.2, 0.25) is 0 Å². The number of hydrogen-bond acceptors (Lipinski definition) is 3. The quantitative estimate of drug-likeness (QED) is 0.233. The summed E-state index contributed by atoms with van der Waals surface area (Å²) < 4.78 is 11.0. The van der Waals surface area contributed by atoms with Crippen LogP contribution in [0, 0.1) is 0 Å². The lowest BCUT2D eigenvalue weighted by Crippen LogP contribution is -2.17. The average Bonchev–Trinajstić information content (AvgIpc) is 3.04. The normalized spacial score (nSPS) is 18.5. The summed E-state index contributed by atoms with van der Waals surface area (Å²) in [6.45, 7) is 0.528. The van der Waals surface area contributed by atoms with E-state index in [-0.39, 0.29) is 0 Å². The van der Waals surface area contributed by atoms with Gasteiger partial charge in [-0.05, 0) is 53.6 Å². The highest BCUT2D eigenvalue weighted by Crippen LogP contribution is 2.23. The number of rotatable bonds is 7. The number of nitrogens with zero attached hydrogens (tertiary/aromatic N) is 2. The number of ether oxygens (including phenoxy) is 2. The molecule has 0 bridgehead atoms. The molecule has 29 heavy (non-hydrogen) atoms. The highest BCUT2D eigenvalue weighted by atomic mass is 35.5. The van der Waals surface area contributed by atoms with Crippen LogP contribution in [0.15, 0.2) is 92.8 Å². The molecule has 1 N–H and O–H groups in total. The molecule has 0 unspecified atom stereocenters. The van der Waals surface area contributed by atoms with Crippen molar-refractivity contribution in [3.63, 3.8) is 0 Å². The van der Waals surface area contributed by atoms with E-state index in [4.69, 9.17) is 21.1 Å². The van der Waals surface area contributed by atoms with Gasteiger partial charge >= 0.3 is 0 Å². The van der Waals surface area contributed by atoms with Gasteiger partial charge in [0.25, 0.3) is 0 Å². The summed E-state index contributed by atoms with van der Waals surface area (Å²) in [7, 11) is 3.33. The van der Waals surface area contributed by atoms with Crippen molar-refractivity contribution in [2.75, 3.05) is 20.8 Å². The Labute approximate surface area is 175 Å². The Morgan fingerprint density at radius 1 is 1.24 bits per heavy atom. The van der Waals surface area contributed by atoms with Crippen LogP contribution < -0.4 is 10.1 Å². The Morgan fingerprint density at radius 3 is 2.83 bits per heavy atom.